The van der Waals surface area contributed by atoms with Gasteiger partial charge in [0.25, 0.3) is 0 Å². The molecule has 92 valence electrons. The van der Waals surface area contributed by atoms with Crippen molar-refractivity contribution in [1.82, 2.24) is 0 Å². The Morgan fingerprint density at radius 1 is 1.44 bits per heavy atom. The van der Waals surface area contributed by atoms with Crippen LogP contribution in [0.1, 0.15) is 26.7 Å². The summed E-state index contributed by atoms with van der Waals surface area (Å²) in [5, 5.41) is 0. The molecule has 0 N–H and O–H groups in total. The molecule has 1 aliphatic heterocycles. The fourth-order valence-corrected chi connectivity index (χ4v) is 5.70. The van der Waals surface area contributed by atoms with Crippen LogP contribution >= 0.6 is 0 Å². The Hall–Kier alpha value is -0.683. The lowest BCUT2D eigenvalue weighted by molar-refractivity contribution is -0.153. The Kier molecular flexibility index (Phi) is 4.26. The van der Waals surface area contributed by atoms with Gasteiger partial charge in [-0.15, -0.1) is 0 Å². The maximum atomic E-state index is 11.6. The molecule has 1 rings (SSSR count). The first kappa shape index (κ1) is 13.4. The first-order valence-electron chi connectivity index (χ1n) is 5.80. The molecule has 2 atom stereocenters. The second kappa shape index (κ2) is 5.10. The van der Waals surface area contributed by atoms with Crippen molar-refractivity contribution in [2.24, 2.45) is 5.92 Å². The summed E-state index contributed by atoms with van der Waals surface area (Å²) in [4.78, 5) is 22.7. The van der Waals surface area contributed by atoms with Gasteiger partial charge in [-0.25, -0.2) is 0 Å². The topological polar surface area (TPSA) is 52.6 Å². The number of carbonyl (C=O) groups excluding carboxylic acids is 2. The molecule has 0 aromatic rings. The van der Waals surface area contributed by atoms with Gasteiger partial charge in [0, 0.05) is 6.61 Å². The molecule has 1 saturated heterocycles. The predicted octanol–water partition coefficient (Wildman–Crippen LogP) is 2.10. The fraction of sp³-hybridized carbons (Fsp3) is 0.818. The average molecular weight is 244 g/mol. The van der Waals surface area contributed by atoms with Gasteiger partial charge in [-0.3, -0.25) is 9.59 Å². The summed E-state index contributed by atoms with van der Waals surface area (Å²) in [5.41, 5.74) is 0.159. The molecule has 0 saturated carbocycles. The Labute approximate surface area is 97.4 Å². The Balaban J connectivity index is 2.81. The van der Waals surface area contributed by atoms with Crippen molar-refractivity contribution in [3.63, 3.8) is 0 Å². The Bertz CT molecular complexity index is 288. The van der Waals surface area contributed by atoms with Crippen molar-refractivity contribution in [1.29, 1.82) is 0 Å². The van der Waals surface area contributed by atoms with E-state index >= 15 is 0 Å². The molecule has 16 heavy (non-hydrogen) atoms. The molecule has 0 aliphatic carbocycles. The number of hydrogen-bond acceptors (Lipinski definition) is 4. The molecular formula is C11H20O4Si. The molecule has 0 radical (unpaired) electrons. The van der Waals surface area contributed by atoms with Crippen LogP contribution in [0.5, 0.6) is 0 Å². The first-order chi connectivity index (χ1) is 7.42. The highest BCUT2D eigenvalue weighted by Gasteiger charge is 2.46. The van der Waals surface area contributed by atoms with Gasteiger partial charge in [-0.05, 0) is 25.6 Å². The molecule has 4 nitrogen and oxygen atoms in total. The summed E-state index contributed by atoms with van der Waals surface area (Å²) < 4.78 is 10.4. The van der Waals surface area contributed by atoms with Gasteiger partial charge >= 0.3 is 11.9 Å². The van der Waals surface area contributed by atoms with Gasteiger partial charge in [-0.1, -0.05) is 13.3 Å². The van der Waals surface area contributed by atoms with Crippen LogP contribution < -0.4 is 0 Å². The van der Waals surface area contributed by atoms with E-state index in [1.165, 1.54) is 0 Å². The van der Waals surface area contributed by atoms with E-state index in [2.05, 4.69) is 17.8 Å². The van der Waals surface area contributed by atoms with E-state index in [0.717, 1.165) is 6.42 Å². The van der Waals surface area contributed by atoms with E-state index in [9.17, 15) is 9.59 Å². The SMILES string of the molecule is CCO[Si](C)(C)C(CC)C1CC(=O)OC1=O. The molecule has 1 fully saturated rings. The lowest BCUT2D eigenvalue weighted by atomic mass is 10.0. The van der Waals surface area contributed by atoms with Crippen LogP contribution in [0.3, 0.4) is 0 Å². The highest BCUT2D eigenvalue weighted by molar-refractivity contribution is 6.73. The maximum Gasteiger partial charge on any atom is 0.317 e. The minimum atomic E-state index is -1.92. The van der Waals surface area contributed by atoms with E-state index in [1.54, 1.807) is 0 Å². The van der Waals surface area contributed by atoms with Crippen LogP contribution in [-0.4, -0.2) is 26.9 Å². The van der Waals surface area contributed by atoms with Gasteiger partial charge in [0.05, 0.1) is 12.3 Å². The predicted molar refractivity (Wildman–Crippen MR) is 62.4 cm³/mol. The second-order valence-electron chi connectivity index (χ2n) is 4.65. The zero-order valence-corrected chi connectivity index (χ0v) is 11.4. The average Bonchev–Trinajstić information content (AvgIpc) is 2.46. The minimum absolute atomic E-state index is 0.159. The van der Waals surface area contributed by atoms with Crippen LogP contribution in [0.25, 0.3) is 0 Å². The summed E-state index contributed by atoms with van der Waals surface area (Å²) in [5.74, 6) is -1.04. The van der Waals surface area contributed by atoms with Crippen LogP contribution in [0.15, 0.2) is 0 Å². The third-order valence-corrected chi connectivity index (χ3v) is 6.87. The van der Waals surface area contributed by atoms with Crippen molar-refractivity contribution < 1.29 is 18.8 Å². The molecule has 5 heteroatoms. The number of hydrogen-bond donors (Lipinski definition) is 0. The molecule has 2 unspecified atom stereocenters. The van der Waals surface area contributed by atoms with E-state index in [-0.39, 0.29) is 23.8 Å². The van der Waals surface area contributed by atoms with Crippen LogP contribution in [-0.2, 0) is 18.8 Å². The van der Waals surface area contributed by atoms with Crippen molar-refractivity contribution in [3.05, 3.63) is 0 Å². The molecule has 0 aromatic heterocycles. The van der Waals surface area contributed by atoms with Gasteiger partial charge in [-0.2, -0.15) is 0 Å². The third-order valence-electron chi connectivity index (χ3n) is 3.24. The summed E-state index contributed by atoms with van der Waals surface area (Å²) in [6.07, 6.45) is 1.08. The molecule has 0 spiro atoms. The number of esters is 2. The van der Waals surface area contributed by atoms with Crippen molar-refractivity contribution in [2.75, 3.05) is 6.61 Å². The normalized spacial score (nSPS) is 23.4. The number of ether oxygens (including phenoxy) is 1. The quantitative estimate of drug-likeness (QED) is 0.422. The van der Waals surface area contributed by atoms with Crippen LogP contribution in [0.4, 0.5) is 0 Å². The monoisotopic (exact) mass is 244 g/mol. The Morgan fingerprint density at radius 2 is 2.06 bits per heavy atom. The summed E-state index contributed by atoms with van der Waals surface area (Å²) >= 11 is 0. The minimum Gasteiger partial charge on any atom is -0.417 e. The maximum absolute atomic E-state index is 11.6. The highest BCUT2D eigenvalue weighted by Crippen LogP contribution is 2.39. The van der Waals surface area contributed by atoms with Gasteiger partial charge in [0.2, 0.25) is 0 Å². The van der Waals surface area contributed by atoms with Gasteiger partial charge in [0.15, 0.2) is 8.32 Å². The molecular weight excluding hydrogens is 224 g/mol. The Morgan fingerprint density at radius 3 is 2.44 bits per heavy atom. The number of cyclic esters (lactones) is 2. The van der Waals surface area contributed by atoms with Gasteiger partial charge < -0.3 is 9.16 Å². The molecule has 0 amide bonds. The van der Waals surface area contributed by atoms with E-state index in [4.69, 9.17) is 4.43 Å². The third kappa shape index (κ3) is 2.71. The molecule has 1 aliphatic rings. The molecule has 0 aromatic carbocycles. The second-order valence-corrected chi connectivity index (χ2v) is 8.89. The first-order valence-corrected chi connectivity index (χ1v) is 8.79. The van der Waals surface area contributed by atoms with E-state index in [1.807, 2.05) is 13.8 Å². The zero-order valence-electron chi connectivity index (χ0n) is 10.4. The lowest BCUT2D eigenvalue weighted by Crippen LogP contribution is -2.41. The van der Waals surface area contributed by atoms with Crippen molar-refractivity contribution in [3.8, 4) is 0 Å². The standard InChI is InChI=1S/C11H20O4Si/c1-5-9(16(3,4)14-6-2)8-7-10(12)15-11(8)13/h8-9H,5-7H2,1-4H3. The number of carbonyl (C=O) groups is 2. The van der Waals surface area contributed by atoms with Crippen LogP contribution in [0, 0.1) is 5.92 Å². The largest absolute Gasteiger partial charge is 0.417 e. The molecule has 0 bridgehead atoms. The fourth-order valence-electron chi connectivity index (χ4n) is 2.54. The zero-order chi connectivity index (χ0) is 12.3. The highest BCUT2D eigenvalue weighted by atomic mass is 28.4. The molecule has 1 heterocycles. The number of rotatable bonds is 5. The van der Waals surface area contributed by atoms with Crippen molar-refractivity contribution in [2.45, 2.75) is 45.3 Å². The summed E-state index contributed by atoms with van der Waals surface area (Å²) in [6.45, 7) is 8.85. The van der Waals surface area contributed by atoms with E-state index < -0.39 is 14.3 Å². The summed E-state index contributed by atoms with van der Waals surface area (Å²) in [7, 11) is -1.92. The van der Waals surface area contributed by atoms with Crippen molar-refractivity contribution >= 4 is 20.3 Å². The van der Waals surface area contributed by atoms with Crippen LogP contribution in [0.2, 0.25) is 18.6 Å². The summed E-state index contributed by atoms with van der Waals surface area (Å²) in [6, 6.07) is 0. The lowest BCUT2D eigenvalue weighted by Gasteiger charge is -2.33. The van der Waals surface area contributed by atoms with Gasteiger partial charge in [0.1, 0.15) is 0 Å². The smallest absolute Gasteiger partial charge is 0.317 e. The van der Waals surface area contributed by atoms with E-state index in [0.29, 0.717) is 6.61 Å².